The molecule has 1 aliphatic rings. The second-order valence-corrected chi connectivity index (χ2v) is 3.00. The molecule has 0 saturated carbocycles. The number of hydrogen-bond acceptors (Lipinski definition) is 2. The predicted molar refractivity (Wildman–Crippen MR) is 42.3 cm³/mol. The van der Waals surface area contributed by atoms with Crippen LogP contribution in [0.5, 0.6) is 0 Å². The smallest absolute Gasteiger partial charge is 0.183 e. The summed E-state index contributed by atoms with van der Waals surface area (Å²) in [7, 11) is 0. The molecule has 0 aromatic rings. The van der Waals surface area contributed by atoms with E-state index >= 15 is 0 Å². The van der Waals surface area contributed by atoms with Gasteiger partial charge in [-0.3, -0.25) is 0 Å². The summed E-state index contributed by atoms with van der Waals surface area (Å²) < 4.78 is 5.33. The summed E-state index contributed by atoms with van der Waals surface area (Å²) in [6.45, 7) is 7.22. The summed E-state index contributed by atoms with van der Waals surface area (Å²) in [5.41, 5.74) is 0. The molecule has 0 fully saturated rings. The lowest BCUT2D eigenvalue weighted by atomic mass is 10.1. The summed E-state index contributed by atoms with van der Waals surface area (Å²) >= 11 is 0. The molecule has 0 N–H and O–H groups in total. The average molecular weight is 141 g/mol. The van der Waals surface area contributed by atoms with Crippen LogP contribution in [0, 0.1) is 5.92 Å². The second-order valence-electron chi connectivity index (χ2n) is 3.00. The SMILES string of the molecule is CCC1=N[C@@H](C(C)C)CO1. The van der Waals surface area contributed by atoms with Gasteiger partial charge in [0, 0.05) is 6.42 Å². The van der Waals surface area contributed by atoms with E-state index in [0.29, 0.717) is 12.0 Å². The lowest BCUT2D eigenvalue weighted by Gasteiger charge is -2.06. The fraction of sp³-hybridized carbons (Fsp3) is 0.875. The van der Waals surface area contributed by atoms with Gasteiger partial charge in [-0.25, -0.2) is 4.99 Å². The maximum absolute atomic E-state index is 5.33. The van der Waals surface area contributed by atoms with E-state index in [1.54, 1.807) is 0 Å². The number of rotatable bonds is 2. The number of nitrogens with zero attached hydrogens (tertiary/aromatic N) is 1. The molecule has 0 aromatic carbocycles. The molecule has 58 valence electrons. The molecule has 1 aliphatic heterocycles. The summed E-state index contributed by atoms with van der Waals surface area (Å²) in [4.78, 5) is 4.40. The molecule has 0 amide bonds. The van der Waals surface area contributed by atoms with Gasteiger partial charge >= 0.3 is 0 Å². The first-order valence-electron chi connectivity index (χ1n) is 3.93. The molecule has 1 heterocycles. The van der Waals surface area contributed by atoms with Crippen molar-refractivity contribution in [3.63, 3.8) is 0 Å². The van der Waals surface area contributed by atoms with E-state index in [0.717, 1.165) is 18.9 Å². The highest BCUT2D eigenvalue weighted by Crippen LogP contribution is 2.14. The van der Waals surface area contributed by atoms with Crippen LogP contribution in [0.4, 0.5) is 0 Å². The van der Waals surface area contributed by atoms with Gasteiger partial charge < -0.3 is 4.74 Å². The van der Waals surface area contributed by atoms with Gasteiger partial charge in [-0.15, -0.1) is 0 Å². The van der Waals surface area contributed by atoms with Crippen LogP contribution in [0.2, 0.25) is 0 Å². The zero-order valence-corrected chi connectivity index (χ0v) is 6.92. The summed E-state index contributed by atoms with van der Waals surface area (Å²) in [5.74, 6) is 1.54. The van der Waals surface area contributed by atoms with Crippen molar-refractivity contribution in [2.45, 2.75) is 33.2 Å². The van der Waals surface area contributed by atoms with Gasteiger partial charge in [0.05, 0.1) is 6.04 Å². The molecule has 0 radical (unpaired) electrons. The van der Waals surface area contributed by atoms with Crippen molar-refractivity contribution < 1.29 is 4.74 Å². The first-order valence-corrected chi connectivity index (χ1v) is 3.93. The number of aliphatic imine (C=N–C) groups is 1. The zero-order chi connectivity index (χ0) is 7.56. The third-order valence-corrected chi connectivity index (χ3v) is 1.80. The molecule has 10 heavy (non-hydrogen) atoms. The van der Waals surface area contributed by atoms with Gasteiger partial charge in [0.25, 0.3) is 0 Å². The maximum atomic E-state index is 5.33. The minimum absolute atomic E-state index is 0.412. The van der Waals surface area contributed by atoms with Crippen molar-refractivity contribution in [3.05, 3.63) is 0 Å². The summed E-state index contributed by atoms with van der Waals surface area (Å²) in [5, 5.41) is 0. The van der Waals surface area contributed by atoms with Gasteiger partial charge in [0.1, 0.15) is 6.61 Å². The molecule has 0 saturated heterocycles. The Labute approximate surface area is 62.3 Å². The molecule has 0 aromatic heterocycles. The molecule has 0 spiro atoms. The highest BCUT2D eigenvalue weighted by Gasteiger charge is 2.19. The van der Waals surface area contributed by atoms with Crippen molar-refractivity contribution in [1.82, 2.24) is 0 Å². The Hall–Kier alpha value is -0.530. The number of ether oxygens (including phenoxy) is 1. The van der Waals surface area contributed by atoms with Crippen molar-refractivity contribution in [2.75, 3.05) is 6.61 Å². The molecule has 0 unspecified atom stereocenters. The standard InChI is InChI=1S/C8H15NO/c1-4-8-9-7(5-10-8)6(2)3/h6-7H,4-5H2,1-3H3/t7-/m1/s1. The number of hydrogen-bond donors (Lipinski definition) is 0. The van der Waals surface area contributed by atoms with E-state index < -0.39 is 0 Å². The van der Waals surface area contributed by atoms with E-state index in [9.17, 15) is 0 Å². The van der Waals surface area contributed by atoms with Crippen LogP contribution in [0.1, 0.15) is 27.2 Å². The molecule has 2 nitrogen and oxygen atoms in total. The quantitative estimate of drug-likeness (QED) is 0.575. The Morgan fingerprint density at radius 2 is 2.40 bits per heavy atom. The first-order chi connectivity index (χ1) is 4.74. The van der Waals surface area contributed by atoms with Crippen molar-refractivity contribution in [2.24, 2.45) is 10.9 Å². The highest BCUT2D eigenvalue weighted by molar-refractivity contribution is 5.77. The Morgan fingerprint density at radius 3 is 2.70 bits per heavy atom. The normalized spacial score (nSPS) is 24.8. The van der Waals surface area contributed by atoms with Crippen LogP contribution < -0.4 is 0 Å². The van der Waals surface area contributed by atoms with Gasteiger partial charge in [-0.05, 0) is 5.92 Å². The average Bonchev–Trinajstić information content (AvgIpc) is 2.34. The first kappa shape index (κ1) is 7.58. The molecule has 2 heteroatoms. The van der Waals surface area contributed by atoms with E-state index in [-0.39, 0.29) is 0 Å². The summed E-state index contributed by atoms with van der Waals surface area (Å²) in [6, 6.07) is 0.412. The van der Waals surface area contributed by atoms with Crippen LogP contribution in [0.25, 0.3) is 0 Å². The second kappa shape index (κ2) is 3.04. The molecule has 1 rings (SSSR count). The van der Waals surface area contributed by atoms with Crippen LogP contribution in [0.3, 0.4) is 0 Å². The van der Waals surface area contributed by atoms with Crippen molar-refractivity contribution >= 4 is 5.90 Å². The van der Waals surface area contributed by atoms with Gasteiger partial charge in [-0.1, -0.05) is 20.8 Å². The van der Waals surface area contributed by atoms with Crippen molar-refractivity contribution in [3.8, 4) is 0 Å². The van der Waals surface area contributed by atoms with Gasteiger partial charge in [-0.2, -0.15) is 0 Å². The van der Waals surface area contributed by atoms with Crippen molar-refractivity contribution in [1.29, 1.82) is 0 Å². The molecule has 1 atom stereocenters. The predicted octanol–water partition coefficient (Wildman–Crippen LogP) is 1.85. The van der Waals surface area contributed by atoms with Crippen LogP contribution in [-0.2, 0) is 4.74 Å². The Balaban J connectivity index is 2.47. The molecular formula is C8H15NO. The van der Waals surface area contributed by atoms with Crippen LogP contribution in [0.15, 0.2) is 4.99 Å². The van der Waals surface area contributed by atoms with E-state index in [2.05, 4.69) is 25.8 Å². The van der Waals surface area contributed by atoms with E-state index in [4.69, 9.17) is 4.74 Å². The highest BCUT2D eigenvalue weighted by atomic mass is 16.5. The molecular weight excluding hydrogens is 126 g/mol. The fourth-order valence-electron chi connectivity index (χ4n) is 0.976. The summed E-state index contributed by atoms with van der Waals surface area (Å²) in [6.07, 6.45) is 0.934. The zero-order valence-electron chi connectivity index (χ0n) is 6.92. The maximum Gasteiger partial charge on any atom is 0.183 e. The third-order valence-electron chi connectivity index (χ3n) is 1.80. The fourth-order valence-corrected chi connectivity index (χ4v) is 0.976. The van der Waals surface area contributed by atoms with E-state index in [1.807, 2.05) is 0 Å². The largest absolute Gasteiger partial charge is 0.479 e. The van der Waals surface area contributed by atoms with Gasteiger partial charge in [0.15, 0.2) is 5.90 Å². The lowest BCUT2D eigenvalue weighted by Crippen LogP contribution is -2.13. The third kappa shape index (κ3) is 1.49. The minimum atomic E-state index is 0.412. The monoisotopic (exact) mass is 141 g/mol. The Morgan fingerprint density at radius 1 is 1.70 bits per heavy atom. The molecule has 0 bridgehead atoms. The van der Waals surface area contributed by atoms with E-state index in [1.165, 1.54) is 0 Å². The van der Waals surface area contributed by atoms with Crippen LogP contribution in [-0.4, -0.2) is 18.5 Å². The van der Waals surface area contributed by atoms with Crippen LogP contribution >= 0.6 is 0 Å². The lowest BCUT2D eigenvalue weighted by molar-refractivity contribution is 0.286. The minimum Gasteiger partial charge on any atom is -0.479 e. The molecule has 0 aliphatic carbocycles. The Kier molecular flexibility index (Phi) is 2.30. The van der Waals surface area contributed by atoms with Gasteiger partial charge in [0.2, 0.25) is 0 Å². The Bertz CT molecular complexity index is 140. The topological polar surface area (TPSA) is 21.6 Å².